The van der Waals surface area contributed by atoms with E-state index in [1.165, 1.54) is 12.5 Å². The second kappa shape index (κ2) is 7.59. The molecular formula is C15H20N4O4. The highest BCUT2D eigenvalue weighted by Crippen LogP contribution is 2.18. The predicted molar refractivity (Wildman–Crippen MR) is 83.0 cm³/mol. The predicted octanol–water partition coefficient (Wildman–Crippen LogP) is 1.93. The Hall–Kier alpha value is -2.61. The molecule has 0 saturated carbocycles. The topological polar surface area (TPSA) is 121 Å². The van der Waals surface area contributed by atoms with Gasteiger partial charge < -0.3 is 25.4 Å². The number of carboxylic acid groups (broad SMARTS) is 1. The summed E-state index contributed by atoms with van der Waals surface area (Å²) in [6.45, 7) is 3.58. The minimum atomic E-state index is -1.17. The number of anilines is 1. The van der Waals surface area contributed by atoms with Crippen molar-refractivity contribution in [1.29, 1.82) is 0 Å². The van der Waals surface area contributed by atoms with Crippen molar-refractivity contribution in [1.82, 2.24) is 15.5 Å². The molecule has 1 amide bonds. The van der Waals surface area contributed by atoms with Gasteiger partial charge in [0, 0.05) is 6.42 Å². The number of carbonyl (C=O) groups is 1. The van der Waals surface area contributed by atoms with Gasteiger partial charge in [-0.15, -0.1) is 0 Å². The Labute approximate surface area is 133 Å². The van der Waals surface area contributed by atoms with E-state index in [2.05, 4.69) is 27.7 Å². The van der Waals surface area contributed by atoms with Crippen LogP contribution in [0.3, 0.4) is 0 Å². The molecule has 2 rings (SSSR count). The number of rotatable bonds is 7. The molecule has 23 heavy (non-hydrogen) atoms. The second-order valence-electron chi connectivity index (χ2n) is 5.15. The highest BCUT2D eigenvalue weighted by Gasteiger charge is 2.21. The fourth-order valence-corrected chi connectivity index (χ4v) is 2.12. The molecule has 2 aromatic rings. The van der Waals surface area contributed by atoms with Crippen molar-refractivity contribution in [2.45, 2.75) is 39.0 Å². The SMILES string of the molecule is CCc1ccc(CC(NC(=O)O)c2noc(NC(C)O)n2)cc1. The Bertz CT molecular complexity index is 639. The lowest BCUT2D eigenvalue weighted by atomic mass is 10.0. The number of nitrogens with zero attached hydrogens (tertiary/aromatic N) is 2. The summed E-state index contributed by atoms with van der Waals surface area (Å²) in [7, 11) is 0. The minimum Gasteiger partial charge on any atom is -0.465 e. The number of benzene rings is 1. The van der Waals surface area contributed by atoms with Crippen LogP contribution >= 0.6 is 0 Å². The zero-order chi connectivity index (χ0) is 16.8. The highest BCUT2D eigenvalue weighted by atomic mass is 16.5. The van der Waals surface area contributed by atoms with E-state index in [9.17, 15) is 9.90 Å². The molecule has 8 nitrogen and oxygen atoms in total. The summed E-state index contributed by atoms with van der Waals surface area (Å²) in [5.74, 6) is 0.204. The quantitative estimate of drug-likeness (QED) is 0.575. The molecule has 0 aliphatic rings. The molecule has 0 aliphatic heterocycles. The summed E-state index contributed by atoms with van der Waals surface area (Å²) in [6, 6.07) is 7.30. The summed E-state index contributed by atoms with van der Waals surface area (Å²) >= 11 is 0. The molecular weight excluding hydrogens is 300 g/mol. The van der Waals surface area contributed by atoms with Crippen molar-refractivity contribution in [3.8, 4) is 0 Å². The number of aromatic nitrogens is 2. The maximum Gasteiger partial charge on any atom is 0.405 e. The third kappa shape index (κ3) is 4.96. The van der Waals surface area contributed by atoms with Crippen LogP contribution in [0, 0.1) is 0 Å². The average molecular weight is 320 g/mol. The molecule has 0 aliphatic carbocycles. The maximum atomic E-state index is 11.0. The number of hydrogen-bond acceptors (Lipinski definition) is 6. The first-order chi connectivity index (χ1) is 11.0. The van der Waals surface area contributed by atoms with E-state index >= 15 is 0 Å². The molecule has 1 aromatic carbocycles. The van der Waals surface area contributed by atoms with Crippen molar-refractivity contribution in [2.24, 2.45) is 0 Å². The summed E-state index contributed by atoms with van der Waals surface area (Å²) in [5.41, 5.74) is 2.16. The van der Waals surface area contributed by atoms with E-state index in [-0.39, 0.29) is 11.8 Å². The van der Waals surface area contributed by atoms with Crippen LogP contribution in [-0.4, -0.2) is 32.7 Å². The van der Waals surface area contributed by atoms with E-state index in [1.54, 1.807) is 0 Å². The third-order valence-corrected chi connectivity index (χ3v) is 3.25. The van der Waals surface area contributed by atoms with Crippen LogP contribution in [-0.2, 0) is 12.8 Å². The maximum absolute atomic E-state index is 11.0. The zero-order valence-electron chi connectivity index (χ0n) is 13.0. The molecule has 8 heteroatoms. The largest absolute Gasteiger partial charge is 0.465 e. The highest BCUT2D eigenvalue weighted by molar-refractivity contribution is 5.65. The Kier molecular flexibility index (Phi) is 5.53. The van der Waals surface area contributed by atoms with Crippen molar-refractivity contribution in [3.05, 3.63) is 41.2 Å². The zero-order valence-corrected chi connectivity index (χ0v) is 13.0. The van der Waals surface area contributed by atoms with Crippen molar-refractivity contribution in [3.63, 3.8) is 0 Å². The van der Waals surface area contributed by atoms with Gasteiger partial charge in [-0.05, 0) is 24.5 Å². The number of hydrogen-bond donors (Lipinski definition) is 4. The van der Waals surface area contributed by atoms with Gasteiger partial charge in [0.2, 0.25) is 0 Å². The van der Waals surface area contributed by atoms with Gasteiger partial charge in [-0.1, -0.05) is 36.3 Å². The van der Waals surface area contributed by atoms with Crippen molar-refractivity contribution in [2.75, 3.05) is 5.32 Å². The fraction of sp³-hybridized carbons (Fsp3) is 0.400. The number of nitrogens with one attached hydrogen (secondary N) is 2. The van der Waals surface area contributed by atoms with E-state index < -0.39 is 18.4 Å². The number of aliphatic hydroxyl groups excluding tert-OH is 1. The van der Waals surface area contributed by atoms with Gasteiger partial charge in [0.1, 0.15) is 6.23 Å². The van der Waals surface area contributed by atoms with Crippen molar-refractivity contribution >= 4 is 12.1 Å². The summed E-state index contributed by atoms with van der Waals surface area (Å²) in [5, 5.41) is 26.9. The first-order valence-corrected chi connectivity index (χ1v) is 7.33. The normalized spacial score (nSPS) is 13.3. The lowest BCUT2D eigenvalue weighted by Gasteiger charge is -2.13. The van der Waals surface area contributed by atoms with Gasteiger partial charge in [-0.3, -0.25) is 0 Å². The smallest absolute Gasteiger partial charge is 0.405 e. The molecule has 0 bridgehead atoms. The molecule has 2 unspecified atom stereocenters. The Balaban J connectivity index is 2.15. The van der Waals surface area contributed by atoms with E-state index in [0.29, 0.717) is 6.42 Å². The molecule has 1 aromatic heterocycles. The van der Waals surface area contributed by atoms with Crippen LogP contribution in [0.2, 0.25) is 0 Å². The summed E-state index contributed by atoms with van der Waals surface area (Å²) < 4.78 is 4.95. The molecule has 0 spiro atoms. The standard InChI is InChI=1S/C15H20N4O4/c1-3-10-4-6-11(7-5-10)8-12(17-15(21)22)13-18-14(23-19-13)16-9(2)20/h4-7,9,12,17,20H,3,8H2,1-2H3,(H,21,22)(H,16,18,19). The van der Waals surface area contributed by atoms with E-state index in [4.69, 9.17) is 9.63 Å². The minimum absolute atomic E-state index is 0.0357. The molecule has 2 atom stereocenters. The first kappa shape index (κ1) is 16.8. The number of amides is 1. The van der Waals surface area contributed by atoms with Crippen LogP contribution < -0.4 is 10.6 Å². The van der Waals surface area contributed by atoms with Crippen LogP contribution in [0.4, 0.5) is 10.8 Å². The Morgan fingerprint density at radius 3 is 2.52 bits per heavy atom. The van der Waals surface area contributed by atoms with Crippen LogP contribution in [0.5, 0.6) is 0 Å². The van der Waals surface area contributed by atoms with Gasteiger partial charge in [0.25, 0.3) is 0 Å². The van der Waals surface area contributed by atoms with Crippen LogP contribution in [0.15, 0.2) is 28.8 Å². The van der Waals surface area contributed by atoms with E-state index in [1.807, 2.05) is 24.3 Å². The van der Waals surface area contributed by atoms with Crippen LogP contribution in [0.25, 0.3) is 0 Å². The molecule has 0 radical (unpaired) electrons. The van der Waals surface area contributed by atoms with Gasteiger partial charge in [-0.2, -0.15) is 4.98 Å². The molecule has 1 heterocycles. The molecule has 0 fully saturated rings. The van der Waals surface area contributed by atoms with Crippen molar-refractivity contribution < 1.29 is 19.5 Å². The summed E-state index contributed by atoms with van der Waals surface area (Å²) in [4.78, 5) is 15.1. The summed E-state index contributed by atoms with van der Waals surface area (Å²) in [6.07, 6.45) is -0.689. The van der Waals surface area contributed by atoms with Gasteiger partial charge >= 0.3 is 12.1 Å². The lowest BCUT2D eigenvalue weighted by Crippen LogP contribution is -2.29. The van der Waals surface area contributed by atoms with Gasteiger partial charge in [0.15, 0.2) is 5.82 Å². The Morgan fingerprint density at radius 2 is 1.96 bits per heavy atom. The van der Waals surface area contributed by atoms with Gasteiger partial charge in [0.05, 0.1) is 6.04 Å². The third-order valence-electron chi connectivity index (χ3n) is 3.25. The number of aliphatic hydroxyl groups is 1. The second-order valence-corrected chi connectivity index (χ2v) is 5.15. The monoisotopic (exact) mass is 320 g/mol. The fourth-order valence-electron chi connectivity index (χ4n) is 2.12. The average Bonchev–Trinajstić information content (AvgIpc) is 2.94. The molecule has 4 N–H and O–H groups in total. The van der Waals surface area contributed by atoms with E-state index in [0.717, 1.165) is 12.0 Å². The Morgan fingerprint density at radius 1 is 1.30 bits per heavy atom. The van der Waals surface area contributed by atoms with Gasteiger partial charge in [-0.25, -0.2) is 4.79 Å². The lowest BCUT2D eigenvalue weighted by molar-refractivity contribution is 0.189. The number of aryl methyl sites for hydroxylation is 1. The molecule has 124 valence electrons. The van der Waals surface area contributed by atoms with Crippen LogP contribution in [0.1, 0.15) is 36.8 Å². The first-order valence-electron chi connectivity index (χ1n) is 7.33. The molecule has 0 saturated heterocycles.